The van der Waals surface area contributed by atoms with Crippen molar-refractivity contribution in [1.29, 1.82) is 0 Å². The first-order chi connectivity index (χ1) is 18.8. The molecule has 1 aromatic carbocycles. The highest BCUT2D eigenvalue weighted by Gasteiger charge is 2.65. The standard InChI is InChI=1S/C23H30F2N7O7P/c1-5-36-18(33)13(2)31-40(35,39-14-9-7-6-8-10-14)37-11-23(25)19(34)22(3,24)20(38-23)32-12-28-15-16(27-4)29-21(26)30-17(15)32/h6-10,12-13,19-20,34H,5,11H2,1-4H3,(H,31,35)(H3,26,27,29,30)/t13-,19+,20-,22-,23-,40+/m1/s1. The summed E-state index contributed by atoms with van der Waals surface area (Å²) in [6.45, 7) is 2.62. The Morgan fingerprint density at radius 3 is 2.67 bits per heavy atom. The Morgan fingerprint density at radius 2 is 2.02 bits per heavy atom. The van der Waals surface area contributed by atoms with Crippen LogP contribution in [0.4, 0.5) is 20.5 Å². The summed E-state index contributed by atoms with van der Waals surface area (Å²) in [6.07, 6.45) is -3.10. The fourth-order valence-electron chi connectivity index (χ4n) is 4.08. The first-order valence-electron chi connectivity index (χ1n) is 12.2. The van der Waals surface area contributed by atoms with Crippen molar-refractivity contribution < 1.29 is 41.8 Å². The Labute approximate surface area is 227 Å². The number of nitrogens with zero attached hydrogens (tertiary/aromatic N) is 4. The van der Waals surface area contributed by atoms with Gasteiger partial charge in [-0.1, -0.05) is 18.2 Å². The highest BCUT2D eigenvalue weighted by atomic mass is 31.2. The lowest BCUT2D eigenvalue weighted by Crippen LogP contribution is -2.47. The number of para-hydroxylation sites is 1. The van der Waals surface area contributed by atoms with Gasteiger partial charge in [-0.15, -0.1) is 0 Å². The predicted molar refractivity (Wildman–Crippen MR) is 139 cm³/mol. The topological polar surface area (TPSA) is 185 Å². The van der Waals surface area contributed by atoms with E-state index in [0.717, 1.165) is 17.8 Å². The molecule has 3 heterocycles. The van der Waals surface area contributed by atoms with Gasteiger partial charge in [-0.05, 0) is 32.9 Å². The SMILES string of the molecule is CCOC(=O)[C@@H](C)N[P@](=O)(OC[C@@]1(F)O[C@@H](n2cnc3c(NC)nc(N)nc32)[C@](C)(F)[C@@H]1O)Oc1ccccc1. The molecule has 0 radical (unpaired) electrons. The number of rotatable bonds is 11. The number of nitrogens with one attached hydrogen (secondary N) is 2. The third-order valence-corrected chi connectivity index (χ3v) is 7.68. The van der Waals surface area contributed by atoms with E-state index in [2.05, 4.69) is 25.4 Å². The van der Waals surface area contributed by atoms with Crippen molar-refractivity contribution in [3.63, 3.8) is 0 Å². The number of benzene rings is 1. The second kappa shape index (κ2) is 11.2. The molecule has 0 unspecified atom stereocenters. The number of hydrogen-bond donors (Lipinski definition) is 4. The second-order valence-corrected chi connectivity index (χ2v) is 10.8. The van der Waals surface area contributed by atoms with Crippen molar-refractivity contribution in [1.82, 2.24) is 24.6 Å². The van der Waals surface area contributed by atoms with Crippen LogP contribution < -0.4 is 20.7 Å². The molecule has 0 spiro atoms. The van der Waals surface area contributed by atoms with Crippen LogP contribution in [0.3, 0.4) is 0 Å². The van der Waals surface area contributed by atoms with Crippen LogP contribution in [0.5, 0.6) is 5.75 Å². The van der Waals surface area contributed by atoms with E-state index in [9.17, 15) is 14.5 Å². The largest absolute Gasteiger partial charge is 0.465 e. The van der Waals surface area contributed by atoms with Crippen LogP contribution >= 0.6 is 7.75 Å². The Hall–Kier alpha value is -3.43. The van der Waals surface area contributed by atoms with Crippen LogP contribution in [0.25, 0.3) is 11.2 Å². The van der Waals surface area contributed by atoms with Crippen molar-refractivity contribution >= 4 is 36.6 Å². The minimum Gasteiger partial charge on any atom is -0.465 e. The van der Waals surface area contributed by atoms with Gasteiger partial charge in [0.05, 0.1) is 12.9 Å². The summed E-state index contributed by atoms with van der Waals surface area (Å²) in [4.78, 5) is 24.3. The highest BCUT2D eigenvalue weighted by Crippen LogP contribution is 2.52. The molecular formula is C23H30F2N7O7P. The Kier molecular flexibility index (Phi) is 8.28. The maximum absolute atomic E-state index is 16.1. The molecule has 218 valence electrons. The summed E-state index contributed by atoms with van der Waals surface area (Å²) >= 11 is 0. The summed E-state index contributed by atoms with van der Waals surface area (Å²) in [5.74, 6) is -3.89. The van der Waals surface area contributed by atoms with Gasteiger partial charge in [-0.2, -0.15) is 15.1 Å². The quantitative estimate of drug-likeness (QED) is 0.190. The Morgan fingerprint density at radius 1 is 1.32 bits per heavy atom. The summed E-state index contributed by atoms with van der Waals surface area (Å²) in [7, 11) is -2.98. The number of alkyl halides is 2. The molecule has 1 fully saturated rings. The lowest BCUT2D eigenvalue weighted by molar-refractivity contribution is -0.202. The van der Waals surface area contributed by atoms with Gasteiger partial charge in [0.25, 0.3) is 5.85 Å². The van der Waals surface area contributed by atoms with Gasteiger partial charge in [0.2, 0.25) is 5.95 Å². The number of aliphatic hydroxyl groups excluding tert-OH is 1. The highest BCUT2D eigenvalue weighted by molar-refractivity contribution is 7.52. The average Bonchev–Trinajstić information content (AvgIpc) is 3.40. The van der Waals surface area contributed by atoms with E-state index in [1.165, 1.54) is 19.1 Å². The molecule has 3 aromatic rings. The maximum Gasteiger partial charge on any atom is 0.459 e. The lowest BCUT2D eigenvalue weighted by atomic mass is 9.97. The van der Waals surface area contributed by atoms with Gasteiger partial charge >= 0.3 is 13.7 Å². The lowest BCUT2D eigenvalue weighted by Gasteiger charge is -2.28. The van der Waals surface area contributed by atoms with Gasteiger partial charge in [-0.3, -0.25) is 13.9 Å². The van der Waals surface area contributed by atoms with E-state index < -0.39 is 50.2 Å². The number of fused-ring (bicyclic) bond motifs is 1. The molecule has 14 nitrogen and oxygen atoms in total. The van der Waals surface area contributed by atoms with Crippen LogP contribution in [-0.2, 0) is 23.4 Å². The van der Waals surface area contributed by atoms with Gasteiger partial charge < -0.3 is 30.2 Å². The smallest absolute Gasteiger partial charge is 0.459 e. The number of nitrogen functional groups attached to an aromatic ring is 1. The monoisotopic (exact) mass is 585 g/mol. The molecular weight excluding hydrogens is 555 g/mol. The van der Waals surface area contributed by atoms with E-state index in [0.29, 0.717) is 0 Å². The Balaban J connectivity index is 1.61. The zero-order chi connectivity index (χ0) is 29.3. The molecule has 6 atom stereocenters. The minimum atomic E-state index is -4.54. The fourth-order valence-corrected chi connectivity index (χ4v) is 5.59. The number of halogens is 2. The molecule has 0 aliphatic carbocycles. The molecule has 1 saturated heterocycles. The molecule has 5 N–H and O–H groups in total. The van der Waals surface area contributed by atoms with Crippen molar-refractivity contribution in [3.05, 3.63) is 36.7 Å². The zero-order valence-corrected chi connectivity index (χ0v) is 23.0. The second-order valence-electron chi connectivity index (χ2n) is 9.09. The molecule has 0 amide bonds. The van der Waals surface area contributed by atoms with Crippen molar-refractivity contribution in [2.24, 2.45) is 0 Å². The first-order valence-corrected chi connectivity index (χ1v) is 13.7. The number of carbonyl (C=O) groups excluding carboxylic acids is 1. The molecule has 0 saturated carbocycles. The van der Waals surface area contributed by atoms with Crippen LogP contribution in [0.15, 0.2) is 36.7 Å². The van der Waals surface area contributed by atoms with E-state index in [4.69, 9.17) is 24.3 Å². The van der Waals surface area contributed by atoms with Gasteiger partial charge in [-0.25, -0.2) is 18.3 Å². The first kappa shape index (κ1) is 29.6. The molecule has 1 aliphatic heterocycles. The van der Waals surface area contributed by atoms with Crippen molar-refractivity contribution in [2.45, 2.75) is 50.7 Å². The third kappa shape index (κ3) is 5.71. The summed E-state index contributed by atoms with van der Waals surface area (Å²) in [5.41, 5.74) is 3.18. The van der Waals surface area contributed by atoms with Crippen molar-refractivity contribution in [3.8, 4) is 5.75 Å². The average molecular weight is 586 g/mol. The van der Waals surface area contributed by atoms with Crippen molar-refractivity contribution in [2.75, 3.05) is 31.3 Å². The Bertz CT molecular complexity index is 1410. The molecule has 17 heteroatoms. The third-order valence-electron chi connectivity index (χ3n) is 6.05. The molecule has 2 aromatic heterocycles. The predicted octanol–water partition coefficient (Wildman–Crippen LogP) is 2.48. The normalized spacial score (nSPS) is 26.8. The van der Waals surface area contributed by atoms with E-state index in [1.807, 2.05) is 0 Å². The molecule has 0 bridgehead atoms. The number of hydrogen-bond acceptors (Lipinski definition) is 12. The number of esters is 1. The van der Waals surface area contributed by atoms with Crippen LogP contribution in [0, 0.1) is 0 Å². The van der Waals surface area contributed by atoms with Crippen LogP contribution in [0.2, 0.25) is 0 Å². The van der Waals surface area contributed by atoms with Crippen LogP contribution in [-0.4, -0.2) is 74.5 Å². The van der Waals surface area contributed by atoms with E-state index in [1.54, 1.807) is 32.2 Å². The number of ether oxygens (including phenoxy) is 2. The number of aromatic nitrogens is 4. The number of aliphatic hydroxyl groups is 1. The van der Waals surface area contributed by atoms with Crippen LogP contribution in [0.1, 0.15) is 27.0 Å². The van der Waals surface area contributed by atoms with Gasteiger partial charge in [0.1, 0.15) is 18.4 Å². The minimum absolute atomic E-state index is 0.00565. The number of nitrogens with two attached hydrogens (primary N) is 1. The van der Waals surface area contributed by atoms with Gasteiger partial charge in [0.15, 0.2) is 35.0 Å². The van der Waals surface area contributed by atoms with E-state index >= 15 is 8.78 Å². The molecule has 4 rings (SSSR count). The zero-order valence-electron chi connectivity index (χ0n) is 22.1. The molecule has 1 aliphatic rings. The fraction of sp³-hybridized carbons (Fsp3) is 0.478. The summed E-state index contributed by atoms with van der Waals surface area (Å²) in [6, 6.07) is 6.53. The number of imidazole rings is 1. The van der Waals surface area contributed by atoms with Gasteiger partial charge in [0, 0.05) is 7.05 Å². The number of carbonyl (C=O) groups is 1. The summed E-state index contributed by atoms with van der Waals surface area (Å²) in [5, 5.41) is 15.9. The van der Waals surface area contributed by atoms with E-state index in [-0.39, 0.29) is 35.3 Å². The maximum atomic E-state index is 16.1. The summed E-state index contributed by atoms with van der Waals surface area (Å²) < 4.78 is 67.8. The number of anilines is 2. The molecule has 40 heavy (non-hydrogen) atoms.